The highest BCUT2D eigenvalue weighted by Crippen LogP contribution is 1.69. The Morgan fingerprint density at radius 1 is 1.27 bits per heavy atom. The average Bonchev–Trinajstić information content (AvgIpc) is 1.90. The van der Waals surface area contributed by atoms with Crippen molar-refractivity contribution in [1.29, 1.82) is 0 Å². The standard InChI is InChI=1S/C5H11N.C3H8O2/c1-4-5-6(2)3;1-4-3-5-2/h4H,1,5H2,2-3H3;3H2,1-2H3. The molecule has 0 N–H and O–H groups in total. The number of rotatable bonds is 4. The van der Waals surface area contributed by atoms with Crippen LogP contribution in [0.5, 0.6) is 0 Å². The predicted molar refractivity (Wildman–Crippen MR) is 47.6 cm³/mol. The summed E-state index contributed by atoms with van der Waals surface area (Å²) in [4.78, 5) is 2.06. The molecule has 0 fully saturated rings. The number of methoxy groups -OCH3 is 2. The number of nitrogens with zero attached hydrogens (tertiary/aromatic N) is 1. The normalized spacial score (nSPS) is 8.82. The quantitative estimate of drug-likeness (QED) is 0.453. The second-order valence-corrected chi connectivity index (χ2v) is 2.25. The summed E-state index contributed by atoms with van der Waals surface area (Å²) in [6, 6.07) is 0. The fourth-order valence-corrected chi connectivity index (χ4v) is 0.376. The number of likely N-dealkylation sites (N-methyl/N-ethyl adjacent to an activating group) is 1. The fourth-order valence-electron chi connectivity index (χ4n) is 0.376. The van der Waals surface area contributed by atoms with Crippen molar-refractivity contribution in [3.63, 3.8) is 0 Å². The first-order valence-electron chi connectivity index (χ1n) is 3.42. The molecule has 0 saturated carbocycles. The molecule has 0 aliphatic carbocycles. The van der Waals surface area contributed by atoms with Crippen LogP contribution in [0.4, 0.5) is 0 Å². The largest absolute Gasteiger partial charge is 0.359 e. The van der Waals surface area contributed by atoms with E-state index in [2.05, 4.69) is 21.0 Å². The van der Waals surface area contributed by atoms with Crippen molar-refractivity contribution in [3.05, 3.63) is 12.7 Å². The van der Waals surface area contributed by atoms with Crippen molar-refractivity contribution in [3.8, 4) is 0 Å². The second-order valence-electron chi connectivity index (χ2n) is 2.25. The van der Waals surface area contributed by atoms with E-state index in [4.69, 9.17) is 0 Å². The molecule has 0 rings (SSSR count). The highest BCUT2D eigenvalue weighted by molar-refractivity contribution is 4.68. The molecule has 68 valence electrons. The molecular weight excluding hydrogens is 142 g/mol. The van der Waals surface area contributed by atoms with Gasteiger partial charge in [0.2, 0.25) is 0 Å². The maximum atomic E-state index is 4.47. The zero-order chi connectivity index (χ0) is 9.11. The molecule has 0 aromatic rings. The molecule has 0 aromatic heterocycles. The first-order chi connectivity index (χ1) is 5.18. The lowest BCUT2D eigenvalue weighted by atomic mass is 10.6. The minimum absolute atomic E-state index is 0.389. The van der Waals surface area contributed by atoms with Gasteiger partial charge in [-0.15, -0.1) is 6.58 Å². The number of hydrogen-bond acceptors (Lipinski definition) is 3. The molecule has 3 heteroatoms. The lowest BCUT2D eigenvalue weighted by molar-refractivity contribution is -0.00271. The Morgan fingerprint density at radius 3 is 1.73 bits per heavy atom. The van der Waals surface area contributed by atoms with Crippen LogP contribution in [0.25, 0.3) is 0 Å². The van der Waals surface area contributed by atoms with Crippen molar-refractivity contribution in [2.24, 2.45) is 0 Å². The van der Waals surface area contributed by atoms with Crippen molar-refractivity contribution in [2.75, 3.05) is 41.7 Å². The van der Waals surface area contributed by atoms with Crippen molar-refractivity contribution < 1.29 is 9.47 Å². The van der Waals surface area contributed by atoms with E-state index >= 15 is 0 Å². The molecule has 0 amide bonds. The molecule has 0 aliphatic heterocycles. The Kier molecular flexibility index (Phi) is 14.8. The van der Waals surface area contributed by atoms with Crippen LogP contribution in [-0.4, -0.2) is 46.6 Å². The Hall–Kier alpha value is -0.380. The minimum Gasteiger partial charge on any atom is -0.359 e. The van der Waals surface area contributed by atoms with Gasteiger partial charge in [0.15, 0.2) is 0 Å². The molecule has 0 bridgehead atoms. The summed E-state index contributed by atoms with van der Waals surface area (Å²) < 4.78 is 8.94. The zero-order valence-electron chi connectivity index (χ0n) is 7.96. The molecule has 0 aliphatic rings. The predicted octanol–water partition coefficient (Wildman–Crippen LogP) is 0.971. The topological polar surface area (TPSA) is 21.7 Å². The van der Waals surface area contributed by atoms with Crippen LogP contribution in [0, 0.1) is 0 Å². The van der Waals surface area contributed by atoms with E-state index in [0.29, 0.717) is 6.79 Å². The van der Waals surface area contributed by atoms with Gasteiger partial charge in [-0.1, -0.05) is 6.08 Å². The average molecular weight is 161 g/mol. The third kappa shape index (κ3) is 26.2. The lowest BCUT2D eigenvalue weighted by Crippen LogP contribution is -2.09. The van der Waals surface area contributed by atoms with Crippen LogP contribution in [0.1, 0.15) is 0 Å². The van der Waals surface area contributed by atoms with Gasteiger partial charge in [-0.3, -0.25) is 0 Å². The number of hydrogen-bond donors (Lipinski definition) is 0. The maximum absolute atomic E-state index is 4.47. The molecule has 0 spiro atoms. The van der Waals surface area contributed by atoms with E-state index in [1.807, 2.05) is 20.2 Å². The van der Waals surface area contributed by atoms with Gasteiger partial charge < -0.3 is 14.4 Å². The monoisotopic (exact) mass is 161 g/mol. The van der Waals surface area contributed by atoms with E-state index in [1.165, 1.54) is 0 Å². The van der Waals surface area contributed by atoms with Crippen LogP contribution in [0.15, 0.2) is 12.7 Å². The summed E-state index contributed by atoms with van der Waals surface area (Å²) in [5.41, 5.74) is 0. The Balaban J connectivity index is 0. The third-order valence-corrected chi connectivity index (χ3v) is 0.730. The smallest absolute Gasteiger partial charge is 0.145 e. The third-order valence-electron chi connectivity index (χ3n) is 0.730. The van der Waals surface area contributed by atoms with Crippen molar-refractivity contribution in [2.45, 2.75) is 0 Å². The fraction of sp³-hybridized carbons (Fsp3) is 0.750. The van der Waals surface area contributed by atoms with Gasteiger partial charge in [-0.25, -0.2) is 0 Å². The summed E-state index contributed by atoms with van der Waals surface area (Å²) in [6.07, 6.45) is 1.88. The first-order valence-corrected chi connectivity index (χ1v) is 3.42. The Labute approximate surface area is 69.6 Å². The van der Waals surface area contributed by atoms with Gasteiger partial charge in [-0.2, -0.15) is 0 Å². The molecule has 3 nitrogen and oxygen atoms in total. The molecular formula is C8H19NO2. The Morgan fingerprint density at radius 2 is 1.73 bits per heavy atom. The molecule has 0 saturated heterocycles. The van der Waals surface area contributed by atoms with E-state index in [1.54, 1.807) is 14.2 Å². The maximum Gasteiger partial charge on any atom is 0.145 e. The first kappa shape index (κ1) is 13.2. The highest BCUT2D eigenvalue weighted by atomic mass is 16.6. The molecule has 0 heterocycles. The van der Waals surface area contributed by atoms with Crippen LogP contribution in [0.2, 0.25) is 0 Å². The van der Waals surface area contributed by atoms with Crippen LogP contribution in [0.3, 0.4) is 0 Å². The van der Waals surface area contributed by atoms with E-state index < -0.39 is 0 Å². The van der Waals surface area contributed by atoms with Gasteiger partial charge in [0.25, 0.3) is 0 Å². The van der Waals surface area contributed by atoms with Gasteiger partial charge >= 0.3 is 0 Å². The van der Waals surface area contributed by atoms with E-state index in [0.717, 1.165) is 6.54 Å². The SMILES string of the molecule is C=CCN(C)C.COCOC. The van der Waals surface area contributed by atoms with Gasteiger partial charge in [0.1, 0.15) is 6.79 Å². The minimum atomic E-state index is 0.389. The van der Waals surface area contributed by atoms with E-state index in [-0.39, 0.29) is 0 Å². The molecule has 0 aromatic carbocycles. The Bertz CT molecular complexity index is 72.5. The molecule has 0 radical (unpaired) electrons. The second kappa shape index (κ2) is 12.3. The zero-order valence-corrected chi connectivity index (χ0v) is 7.96. The summed E-state index contributed by atoms with van der Waals surface area (Å²) in [5, 5.41) is 0. The lowest BCUT2D eigenvalue weighted by Gasteiger charge is -2.01. The van der Waals surface area contributed by atoms with Crippen LogP contribution < -0.4 is 0 Å². The summed E-state index contributed by atoms with van der Waals surface area (Å²) in [5.74, 6) is 0. The van der Waals surface area contributed by atoms with Crippen molar-refractivity contribution in [1.82, 2.24) is 4.90 Å². The summed E-state index contributed by atoms with van der Waals surface area (Å²) in [6.45, 7) is 4.92. The summed E-state index contributed by atoms with van der Waals surface area (Å²) >= 11 is 0. The van der Waals surface area contributed by atoms with Gasteiger partial charge in [-0.05, 0) is 14.1 Å². The summed E-state index contributed by atoms with van der Waals surface area (Å²) in [7, 11) is 7.20. The van der Waals surface area contributed by atoms with E-state index in [9.17, 15) is 0 Å². The van der Waals surface area contributed by atoms with Crippen LogP contribution >= 0.6 is 0 Å². The van der Waals surface area contributed by atoms with Gasteiger partial charge in [0, 0.05) is 20.8 Å². The molecule has 0 atom stereocenters. The molecule has 0 unspecified atom stereocenters. The molecule has 11 heavy (non-hydrogen) atoms. The highest BCUT2D eigenvalue weighted by Gasteiger charge is 1.75. The van der Waals surface area contributed by atoms with Crippen LogP contribution in [-0.2, 0) is 9.47 Å². The number of ether oxygens (including phenoxy) is 2. The van der Waals surface area contributed by atoms with Crippen molar-refractivity contribution >= 4 is 0 Å². The van der Waals surface area contributed by atoms with Gasteiger partial charge in [0.05, 0.1) is 0 Å².